The minimum atomic E-state index is -0.181. The van der Waals surface area contributed by atoms with E-state index in [1.807, 2.05) is 20.8 Å². The molecular formula is C22H41N3O6S2. The number of amides is 2. The zero-order valence-corrected chi connectivity index (χ0v) is 22.0. The maximum Gasteiger partial charge on any atom is 0.246 e. The lowest BCUT2D eigenvalue weighted by Crippen LogP contribution is -2.34. The van der Waals surface area contributed by atoms with E-state index in [9.17, 15) is 9.59 Å². The molecule has 192 valence electrons. The van der Waals surface area contributed by atoms with Gasteiger partial charge in [0.05, 0.1) is 33.0 Å². The van der Waals surface area contributed by atoms with Crippen molar-refractivity contribution in [3.05, 3.63) is 0 Å². The second kappa shape index (κ2) is 24.1. The molecule has 2 unspecified atom stereocenters. The monoisotopic (exact) mass is 507 g/mol. The van der Waals surface area contributed by atoms with Crippen molar-refractivity contribution < 1.29 is 28.5 Å². The van der Waals surface area contributed by atoms with Crippen LogP contribution in [0.25, 0.3) is 0 Å². The summed E-state index contributed by atoms with van der Waals surface area (Å²) in [6, 6.07) is 0. The van der Waals surface area contributed by atoms with Gasteiger partial charge in [0.2, 0.25) is 11.8 Å². The number of carbonyl (C=O) groups excluding carboxylic acids is 2. The highest BCUT2D eigenvalue weighted by atomic mass is 33.1. The van der Waals surface area contributed by atoms with Gasteiger partial charge >= 0.3 is 0 Å². The van der Waals surface area contributed by atoms with Crippen LogP contribution in [-0.4, -0.2) is 88.5 Å². The molecule has 3 N–H and O–H groups in total. The molecule has 0 saturated carbocycles. The van der Waals surface area contributed by atoms with E-state index in [1.165, 1.54) is 0 Å². The van der Waals surface area contributed by atoms with Crippen molar-refractivity contribution in [3.8, 4) is 11.8 Å². The Bertz CT molecular complexity index is 552. The lowest BCUT2D eigenvalue weighted by molar-refractivity contribution is -0.127. The molecule has 0 bridgehead atoms. The van der Waals surface area contributed by atoms with E-state index in [0.717, 1.165) is 25.9 Å². The third kappa shape index (κ3) is 20.1. The Morgan fingerprint density at radius 3 is 1.91 bits per heavy atom. The molecule has 1 fully saturated rings. The van der Waals surface area contributed by atoms with Gasteiger partial charge in [-0.1, -0.05) is 48.3 Å². The highest BCUT2D eigenvalue weighted by Gasteiger charge is 2.23. The van der Waals surface area contributed by atoms with Crippen LogP contribution in [0, 0.1) is 11.8 Å². The van der Waals surface area contributed by atoms with Crippen LogP contribution < -0.4 is 16.0 Å². The SMILES string of the molecule is CC.CC#CCNC(=O)COCCOC1CCC(OCCOCC(=O)NCCNCC)SS1. The molecule has 1 saturated heterocycles. The smallest absolute Gasteiger partial charge is 0.246 e. The molecule has 0 aliphatic carbocycles. The van der Waals surface area contributed by atoms with Crippen LogP contribution in [0.1, 0.15) is 40.5 Å². The summed E-state index contributed by atoms with van der Waals surface area (Å²) in [5.41, 5.74) is 0.179. The number of hydrogen-bond acceptors (Lipinski definition) is 9. The quantitative estimate of drug-likeness (QED) is 0.154. The lowest BCUT2D eigenvalue weighted by atomic mass is 10.3. The molecule has 33 heavy (non-hydrogen) atoms. The largest absolute Gasteiger partial charge is 0.369 e. The van der Waals surface area contributed by atoms with Crippen LogP contribution in [0.4, 0.5) is 0 Å². The van der Waals surface area contributed by atoms with Gasteiger partial charge in [-0.05, 0) is 26.3 Å². The van der Waals surface area contributed by atoms with Gasteiger partial charge in [0.1, 0.15) is 24.1 Å². The average molecular weight is 508 g/mol. The zero-order chi connectivity index (χ0) is 24.6. The molecule has 1 aliphatic rings. The number of nitrogens with one attached hydrogen (secondary N) is 3. The Labute approximate surface area is 206 Å². The third-order valence-electron chi connectivity index (χ3n) is 3.86. The van der Waals surface area contributed by atoms with Crippen LogP contribution in [0.5, 0.6) is 0 Å². The number of carbonyl (C=O) groups is 2. The molecule has 0 aromatic carbocycles. The molecule has 1 heterocycles. The maximum absolute atomic E-state index is 11.6. The van der Waals surface area contributed by atoms with E-state index < -0.39 is 0 Å². The first-order valence-electron chi connectivity index (χ1n) is 11.5. The van der Waals surface area contributed by atoms with Crippen LogP contribution >= 0.6 is 21.6 Å². The van der Waals surface area contributed by atoms with Gasteiger partial charge in [-0.15, -0.1) is 5.92 Å². The van der Waals surface area contributed by atoms with Crippen LogP contribution in [0.3, 0.4) is 0 Å². The predicted molar refractivity (Wildman–Crippen MR) is 135 cm³/mol. The summed E-state index contributed by atoms with van der Waals surface area (Å²) in [7, 11) is 3.28. The lowest BCUT2D eigenvalue weighted by Gasteiger charge is -2.27. The van der Waals surface area contributed by atoms with E-state index in [1.54, 1.807) is 28.5 Å². The Morgan fingerprint density at radius 1 is 0.879 bits per heavy atom. The van der Waals surface area contributed by atoms with Gasteiger partial charge < -0.3 is 34.9 Å². The molecule has 11 heteroatoms. The molecule has 0 aromatic heterocycles. The molecule has 0 spiro atoms. The minimum absolute atomic E-state index is 0.0109. The number of hydrogen-bond donors (Lipinski definition) is 3. The predicted octanol–water partition coefficient (Wildman–Crippen LogP) is 1.77. The van der Waals surface area contributed by atoms with Crippen molar-refractivity contribution in [1.29, 1.82) is 0 Å². The van der Waals surface area contributed by atoms with Crippen LogP contribution in [-0.2, 0) is 28.5 Å². The van der Waals surface area contributed by atoms with E-state index in [2.05, 4.69) is 27.8 Å². The summed E-state index contributed by atoms with van der Waals surface area (Å²) < 4.78 is 22.2. The van der Waals surface area contributed by atoms with Crippen LogP contribution in [0.15, 0.2) is 0 Å². The topological polar surface area (TPSA) is 107 Å². The Morgan fingerprint density at radius 2 is 1.42 bits per heavy atom. The summed E-state index contributed by atoms with van der Waals surface area (Å²) in [4.78, 5) is 23.0. The fourth-order valence-electron chi connectivity index (χ4n) is 2.32. The second-order valence-electron chi connectivity index (χ2n) is 6.38. The first kappa shape index (κ1) is 32.0. The molecular weight excluding hydrogens is 466 g/mol. The summed E-state index contributed by atoms with van der Waals surface area (Å²) in [5.74, 6) is 5.17. The van der Waals surface area contributed by atoms with Crippen molar-refractivity contribution in [2.75, 3.05) is 65.8 Å². The summed E-state index contributed by atoms with van der Waals surface area (Å²) in [6.07, 6.45) is 1.77. The summed E-state index contributed by atoms with van der Waals surface area (Å²) >= 11 is 0. The Hall–Kier alpha value is -1.00. The second-order valence-corrected chi connectivity index (χ2v) is 8.97. The third-order valence-corrected chi connectivity index (χ3v) is 6.77. The molecule has 2 amide bonds. The van der Waals surface area contributed by atoms with Crippen molar-refractivity contribution in [2.24, 2.45) is 0 Å². The summed E-state index contributed by atoms with van der Waals surface area (Å²) in [6.45, 7) is 12.0. The Balaban J connectivity index is 0.00000497. The van der Waals surface area contributed by atoms with Crippen LogP contribution in [0.2, 0.25) is 0 Å². The fraction of sp³-hybridized carbons (Fsp3) is 0.818. The minimum Gasteiger partial charge on any atom is -0.369 e. The van der Waals surface area contributed by atoms with Gasteiger partial charge in [0, 0.05) is 13.1 Å². The first-order valence-corrected chi connectivity index (χ1v) is 13.8. The van der Waals surface area contributed by atoms with E-state index in [0.29, 0.717) is 39.5 Å². The van der Waals surface area contributed by atoms with Gasteiger partial charge in [-0.2, -0.15) is 0 Å². The van der Waals surface area contributed by atoms with Gasteiger partial charge in [-0.25, -0.2) is 0 Å². The molecule has 9 nitrogen and oxygen atoms in total. The van der Waals surface area contributed by atoms with E-state index in [4.69, 9.17) is 18.9 Å². The normalized spacial score (nSPS) is 17.2. The zero-order valence-electron chi connectivity index (χ0n) is 20.4. The Kier molecular flexibility index (Phi) is 23.4. The molecule has 0 radical (unpaired) electrons. The number of rotatable bonds is 17. The van der Waals surface area contributed by atoms with Crippen molar-refractivity contribution in [3.63, 3.8) is 0 Å². The molecule has 2 atom stereocenters. The highest BCUT2D eigenvalue weighted by molar-refractivity contribution is 8.77. The first-order chi connectivity index (χ1) is 16.2. The highest BCUT2D eigenvalue weighted by Crippen LogP contribution is 2.41. The summed E-state index contributed by atoms with van der Waals surface area (Å²) in [5, 5.41) is 8.56. The van der Waals surface area contributed by atoms with Crippen molar-refractivity contribution in [1.82, 2.24) is 16.0 Å². The standard InChI is InChI=1S/C20H35N3O6S2.C2H6/c1-3-5-8-22-17(24)15-26-11-13-28-19-6-7-20(31-30-19)29-14-12-27-16-18(25)23-10-9-21-4-2;1-2/h19-21H,4,6-16H2,1-2H3,(H,22,24)(H,23,25);1-2H3. The van der Waals surface area contributed by atoms with Crippen molar-refractivity contribution in [2.45, 2.75) is 51.4 Å². The van der Waals surface area contributed by atoms with E-state index >= 15 is 0 Å². The molecule has 0 aromatic rings. The molecule has 1 aliphatic heterocycles. The fourth-order valence-corrected chi connectivity index (χ4v) is 4.99. The average Bonchev–Trinajstić information content (AvgIpc) is 2.84. The van der Waals surface area contributed by atoms with Gasteiger partial charge in [-0.3, -0.25) is 9.59 Å². The van der Waals surface area contributed by atoms with Crippen molar-refractivity contribution >= 4 is 33.4 Å². The van der Waals surface area contributed by atoms with Gasteiger partial charge in [0.25, 0.3) is 0 Å². The maximum atomic E-state index is 11.6. The van der Waals surface area contributed by atoms with E-state index in [-0.39, 0.29) is 35.9 Å². The number of ether oxygens (including phenoxy) is 4. The number of likely N-dealkylation sites (N-methyl/N-ethyl adjacent to an activating group) is 1. The van der Waals surface area contributed by atoms with Gasteiger partial charge in [0.15, 0.2) is 0 Å². The molecule has 1 rings (SSSR count).